The second-order valence-corrected chi connectivity index (χ2v) is 8.22. The maximum absolute atomic E-state index is 12.2. The van der Waals surface area contributed by atoms with Crippen LogP contribution in [0.2, 0.25) is 0 Å². The first-order valence-corrected chi connectivity index (χ1v) is 7.89. The minimum Gasteiger partial charge on any atom is -0.307 e. The number of H-pyrrole nitrogens is 1. The van der Waals surface area contributed by atoms with Crippen LogP contribution in [0.3, 0.4) is 0 Å². The van der Waals surface area contributed by atoms with Gasteiger partial charge in [-0.1, -0.05) is 0 Å². The van der Waals surface area contributed by atoms with Gasteiger partial charge in [-0.3, -0.25) is 5.10 Å². The van der Waals surface area contributed by atoms with Gasteiger partial charge in [0.05, 0.1) is 6.20 Å². The Morgan fingerprint density at radius 2 is 1.84 bits per heavy atom. The molecule has 0 unspecified atom stereocenters. The van der Waals surface area contributed by atoms with Crippen molar-refractivity contribution in [2.75, 3.05) is 0 Å². The fraction of sp³-hybridized carbons (Fsp3) is 0.750. The summed E-state index contributed by atoms with van der Waals surface area (Å²) in [6, 6.07) is 1.37. The highest BCUT2D eigenvalue weighted by Crippen LogP contribution is 2.29. The molecule has 7 heteroatoms. The Morgan fingerprint density at radius 1 is 1.26 bits per heavy atom. The third-order valence-electron chi connectivity index (χ3n) is 3.28. The van der Waals surface area contributed by atoms with Crippen LogP contribution in [0.5, 0.6) is 0 Å². The molecular weight excluding hydrogens is 264 g/mol. The third-order valence-corrected chi connectivity index (χ3v) is 4.73. The molecule has 0 spiro atoms. The van der Waals surface area contributed by atoms with E-state index in [1.165, 1.54) is 12.3 Å². The summed E-state index contributed by atoms with van der Waals surface area (Å²) >= 11 is 0. The van der Waals surface area contributed by atoms with Crippen LogP contribution in [0.1, 0.15) is 40.5 Å². The number of aromatic nitrogens is 2. The molecule has 0 saturated carbocycles. The van der Waals surface area contributed by atoms with Gasteiger partial charge in [0.15, 0.2) is 5.03 Å². The molecule has 2 rings (SSSR count). The summed E-state index contributed by atoms with van der Waals surface area (Å²) in [5.41, 5.74) is -0.189. The summed E-state index contributed by atoms with van der Waals surface area (Å²) in [6.45, 7) is 8.35. The van der Waals surface area contributed by atoms with Crippen LogP contribution in [0, 0.1) is 0 Å². The maximum Gasteiger partial charge on any atom is 0.257 e. The summed E-state index contributed by atoms with van der Waals surface area (Å²) < 4.78 is 27.1. The highest BCUT2D eigenvalue weighted by Gasteiger charge is 2.39. The van der Waals surface area contributed by atoms with Gasteiger partial charge < -0.3 is 5.32 Å². The van der Waals surface area contributed by atoms with Crippen LogP contribution in [0.25, 0.3) is 0 Å². The molecule has 1 fully saturated rings. The lowest BCUT2D eigenvalue weighted by molar-refractivity contribution is 0.157. The normalized spacial score (nSPS) is 23.4. The van der Waals surface area contributed by atoms with Gasteiger partial charge in [-0.25, -0.2) is 13.1 Å². The van der Waals surface area contributed by atoms with Gasteiger partial charge in [0.1, 0.15) is 0 Å². The Balaban J connectivity index is 2.15. The zero-order chi connectivity index (χ0) is 14.3. The molecule has 0 atom stereocenters. The van der Waals surface area contributed by atoms with Crippen LogP contribution in [0.15, 0.2) is 17.3 Å². The molecule has 3 N–H and O–H groups in total. The van der Waals surface area contributed by atoms with Gasteiger partial charge in [-0.05, 0) is 46.6 Å². The Bertz CT molecular complexity index is 518. The molecule has 19 heavy (non-hydrogen) atoms. The van der Waals surface area contributed by atoms with E-state index >= 15 is 0 Å². The molecule has 108 valence electrons. The molecule has 1 aromatic heterocycles. The first kappa shape index (κ1) is 14.5. The van der Waals surface area contributed by atoms with E-state index in [0.29, 0.717) is 0 Å². The lowest BCUT2D eigenvalue weighted by atomic mass is 9.80. The molecule has 1 aromatic rings. The van der Waals surface area contributed by atoms with Crippen molar-refractivity contribution in [3.05, 3.63) is 12.3 Å². The fourth-order valence-electron chi connectivity index (χ4n) is 3.08. The summed E-state index contributed by atoms with van der Waals surface area (Å²) in [5.74, 6) is 0. The minimum absolute atomic E-state index is 0.0838. The highest BCUT2D eigenvalue weighted by atomic mass is 32.2. The second-order valence-electron chi connectivity index (χ2n) is 6.54. The second kappa shape index (κ2) is 4.57. The Morgan fingerprint density at radius 3 is 2.32 bits per heavy atom. The fourth-order valence-corrected chi connectivity index (χ4v) is 4.23. The number of nitrogens with zero attached hydrogens (tertiary/aromatic N) is 1. The molecule has 0 aromatic carbocycles. The first-order chi connectivity index (χ1) is 8.60. The van der Waals surface area contributed by atoms with E-state index in [1.54, 1.807) is 0 Å². The van der Waals surface area contributed by atoms with Crippen molar-refractivity contribution in [3.63, 3.8) is 0 Å². The maximum atomic E-state index is 12.2. The van der Waals surface area contributed by atoms with Crippen LogP contribution < -0.4 is 10.0 Å². The lowest BCUT2D eigenvalue weighted by Crippen LogP contribution is -2.62. The quantitative estimate of drug-likeness (QED) is 0.773. The van der Waals surface area contributed by atoms with Crippen molar-refractivity contribution in [1.29, 1.82) is 0 Å². The molecule has 2 heterocycles. The monoisotopic (exact) mass is 286 g/mol. The van der Waals surface area contributed by atoms with E-state index in [9.17, 15) is 8.42 Å². The smallest absolute Gasteiger partial charge is 0.257 e. The van der Waals surface area contributed by atoms with E-state index in [0.717, 1.165) is 12.8 Å². The van der Waals surface area contributed by atoms with Gasteiger partial charge in [0, 0.05) is 17.1 Å². The van der Waals surface area contributed by atoms with E-state index in [1.807, 2.05) is 0 Å². The standard InChI is InChI=1S/C12H22N4O2S/c1-11(2)7-9(8-12(3,4)16-11)15-19(17,18)10-5-6-13-14-10/h5-6,9,15-16H,7-8H2,1-4H3,(H,13,14). The number of rotatable bonds is 3. The van der Waals surface area contributed by atoms with Crippen molar-refractivity contribution in [2.24, 2.45) is 0 Å². The highest BCUT2D eigenvalue weighted by molar-refractivity contribution is 7.89. The number of sulfonamides is 1. The predicted molar refractivity (Wildman–Crippen MR) is 73.2 cm³/mol. The molecule has 0 radical (unpaired) electrons. The van der Waals surface area contributed by atoms with Gasteiger partial charge >= 0.3 is 0 Å². The van der Waals surface area contributed by atoms with Crippen molar-refractivity contribution in [3.8, 4) is 0 Å². The summed E-state index contributed by atoms with van der Waals surface area (Å²) in [7, 11) is -3.51. The van der Waals surface area contributed by atoms with Gasteiger partial charge in [0.25, 0.3) is 10.0 Å². The third kappa shape index (κ3) is 3.55. The van der Waals surface area contributed by atoms with Crippen molar-refractivity contribution in [2.45, 2.75) is 62.7 Å². The zero-order valence-electron chi connectivity index (χ0n) is 11.8. The molecule has 0 amide bonds. The molecule has 1 aliphatic rings. The lowest BCUT2D eigenvalue weighted by Gasteiger charge is -2.46. The number of hydrogen-bond donors (Lipinski definition) is 3. The Labute approximate surface area is 114 Å². The Hall–Kier alpha value is -0.920. The molecule has 0 bridgehead atoms. The average Bonchev–Trinajstić information content (AvgIpc) is 2.62. The van der Waals surface area contributed by atoms with Crippen molar-refractivity contribution < 1.29 is 8.42 Å². The van der Waals surface area contributed by atoms with Gasteiger partial charge in [-0.15, -0.1) is 0 Å². The van der Waals surface area contributed by atoms with E-state index in [-0.39, 0.29) is 22.1 Å². The van der Waals surface area contributed by atoms with Crippen LogP contribution in [-0.4, -0.2) is 35.7 Å². The van der Waals surface area contributed by atoms with E-state index < -0.39 is 10.0 Å². The first-order valence-electron chi connectivity index (χ1n) is 6.41. The predicted octanol–water partition coefficient (Wildman–Crippen LogP) is 0.997. The molecule has 6 nitrogen and oxygen atoms in total. The summed E-state index contributed by atoms with van der Waals surface area (Å²) in [5, 5.41) is 9.81. The van der Waals surface area contributed by atoms with Crippen LogP contribution >= 0.6 is 0 Å². The Kier molecular flexibility index (Phi) is 3.49. The number of piperidine rings is 1. The van der Waals surface area contributed by atoms with Gasteiger partial charge in [0.2, 0.25) is 0 Å². The SMILES string of the molecule is CC1(C)CC(NS(=O)(=O)c2ccn[nH]2)CC(C)(C)N1. The average molecular weight is 286 g/mol. The van der Waals surface area contributed by atoms with Crippen molar-refractivity contribution >= 4 is 10.0 Å². The topological polar surface area (TPSA) is 86.9 Å². The zero-order valence-corrected chi connectivity index (χ0v) is 12.6. The largest absolute Gasteiger partial charge is 0.307 e. The molecular formula is C12H22N4O2S. The van der Waals surface area contributed by atoms with Gasteiger partial charge in [-0.2, -0.15) is 5.10 Å². The van der Waals surface area contributed by atoms with E-state index in [4.69, 9.17) is 0 Å². The number of aromatic amines is 1. The summed E-state index contributed by atoms with van der Waals surface area (Å²) in [4.78, 5) is 0. The minimum atomic E-state index is -3.51. The summed E-state index contributed by atoms with van der Waals surface area (Å²) in [6.07, 6.45) is 2.94. The van der Waals surface area contributed by atoms with Crippen LogP contribution in [0.4, 0.5) is 0 Å². The molecule has 0 aliphatic carbocycles. The number of nitrogens with one attached hydrogen (secondary N) is 3. The molecule has 1 aliphatic heterocycles. The van der Waals surface area contributed by atoms with E-state index in [2.05, 4.69) is 47.9 Å². The molecule has 1 saturated heterocycles. The van der Waals surface area contributed by atoms with Crippen molar-refractivity contribution in [1.82, 2.24) is 20.2 Å². The number of hydrogen-bond acceptors (Lipinski definition) is 4. The van der Waals surface area contributed by atoms with Crippen LogP contribution in [-0.2, 0) is 10.0 Å².